The lowest BCUT2D eigenvalue weighted by molar-refractivity contribution is -0.0739. The highest BCUT2D eigenvalue weighted by atomic mass is 19.1. The number of aliphatic hydroxyl groups is 1. The molecule has 2 aliphatic heterocycles. The minimum atomic E-state index is -1.29. The molecule has 2 aromatic rings. The Balaban J connectivity index is 1.32. The maximum Gasteiger partial charge on any atom is 0.339 e. The number of alkyl halides is 1. The predicted molar refractivity (Wildman–Crippen MR) is 104 cm³/mol. The van der Waals surface area contributed by atoms with E-state index in [1.165, 1.54) is 4.90 Å². The van der Waals surface area contributed by atoms with Gasteiger partial charge in [-0.2, -0.15) is 0 Å². The summed E-state index contributed by atoms with van der Waals surface area (Å²) in [5.74, 6) is -1.28. The fraction of sp³-hybridized carbons (Fsp3) is 0.409. The van der Waals surface area contributed by atoms with E-state index in [1.54, 1.807) is 0 Å². The van der Waals surface area contributed by atoms with Crippen LogP contribution >= 0.6 is 0 Å². The number of nitrogens with zero attached hydrogens (tertiary/aromatic N) is 1. The van der Waals surface area contributed by atoms with E-state index in [1.807, 2.05) is 24.3 Å². The first kappa shape index (κ1) is 20.6. The van der Waals surface area contributed by atoms with Crippen LogP contribution in [0.25, 0.3) is 0 Å². The topological polar surface area (TPSA) is 79.2 Å². The SMILES string of the molecule is O=C(O)c1ccc(F)cc1OC[C@@H](O)CN1CC[C@@]2(Cc3ccccc3O2)CC1F. The number of β-amino-alcohol motifs (C(OH)–C–C–N with tert-alkyl or cyclic N) is 1. The molecular formula is C22H23F2NO5. The summed E-state index contributed by atoms with van der Waals surface area (Å²) >= 11 is 0. The molecule has 1 unspecified atom stereocenters. The molecule has 1 spiro atoms. The fourth-order valence-electron chi connectivity index (χ4n) is 4.15. The number of carboxylic acid groups (broad SMARTS) is 1. The van der Waals surface area contributed by atoms with Crippen molar-refractivity contribution in [3.8, 4) is 11.5 Å². The second-order valence-electron chi connectivity index (χ2n) is 7.86. The van der Waals surface area contributed by atoms with Gasteiger partial charge in [-0.15, -0.1) is 0 Å². The summed E-state index contributed by atoms with van der Waals surface area (Å²) in [6.45, 7) is 0.147. The Morgan fingerprint density at radius 2 is 2.13 bits per heavy atom. The van der Waals surface area contributed by atoms with Gasteiger partial charge in [-0.25, -0.2) is 13.6 Å². The van der Waals surface area contributed by atoms with Crippen molar-refractivity contribution in [2.75, 3.05) is 19.7 Å². The number of piperidine rings is 1. The second kappa shape index (κ2) is 8.20. The highest BCUT2D eigenvalue weighted by molar-refractivity contribution is 5.90. The average molecular weight is 419 g/mol. The van der Waals surface area contributed by atoms with Gasteiger partial charge in [0.2, 0.25) is 0 Å². The van der Waals surface area contributed by atoms with Crippen LogP contribution in [0.2, 0.25) is 0 Å². The number of likely N-dealkylation sites (tertiary alicyclic amines) is 1. The highest BCUT2D eigenvalue weighted by Crippen LogP contribution is 2.42. The van der Waals surface area contributed by atoms with Crippen LogP contribution in [0.15, 0.2) is 42.5 Å². The zero-order valence-corrected chi connectivity index (χ0v) is 16.3. The molecule has 8 heteroatoms. The van der Waals surface area contributed by atoms with Crippen molar-refractivity contribution in [1.29, 1.82) is 0 Å². The Bertz CT molecular complexity index is 912. The fourth-order valence-corrected chi connectivity index (χ4v) is 4.15. The molecule has 160 valence electrons. The van der Waals surface area contributed by atoms with Crippen molar-refractivity contribution < 1.29 is 33.3 Å². The largest absolute Gasteiger partial charge is 0.490 e. The van der Waals surface area contributed by atoms with Crippen LogP contribution in [0.5, 0.6) is 11.5 Å². The second-order valence-corrected chi connectivity index (χ2v) is 7.86. The molecule has 0 saturated carbocycles. The summed E-state index contributed by atoms with van der Waals surface area (Å²) in [4.78, 5) is 12.7. The number of hydrogen-bond acceptors (Lipinski definition) is 5. The van der Waals surface area contributed by atoms with E-state index in [-0.39, 0.29) is 30.9 Å². The summed E-state index contributed by atoms with van der Waals surface area (Å²) in [6, 6.07) is 10.8. The Hall–Kier alpha value is -2.71. The Morgan fingerprint density at radius 1 is 1.33 bits per heavy atom. The molecule has 6 nitrogen and oxygen atoms in total. The van der Waals surface area contributed by atoms with Gasteiger partial charge in [0.05, 0.1) is 0 Å². The molecule has 0 radical (unpaired) electrons. The number of ether oxygens (including phenoxy) is 2. The van der Waals surface area contributed by atoms with E-state index >= 15 is 0 Å². The predicted octanol–water partition coefficient (Wildman–Crippen LogP) is 3.03. The first-order valence-electron chi connectivity index (χ1n) is 9.84. The number of halogens is 2. The van der Waals surface area contributed by atoms with E-state index in [9.17, 15) is 18.7 Å². The van der Waals surface area contributed by atoms with E-state index in [2.05, 4.69) is 0 Å². The molecule has 2 heterocycles. The quantitative estimate of drug-likeness (QED) is 0.701. The number of carbonyl (C=O) groups is 1. The molecule has 1 fully saturated rings. The molecule has 30 heavy (non-hydrogen) atoms. The maximum absolute atomic E-state index is 14.9. The first-order valence-corrected chi connectivity index (χ1v) is 9.84. The Labute approximate surface area is 172 Å². The summed E-state index contributed by atoms with van der Waals surface area (Å²) in [5, 5.41) is 19.4. The molecule has 2 aliphatic rings. The Kier molecular flexibility index (Phi) is 5.62. The lowest BCUT2D eigenvalue weighted by atomic mass is 9.86. The number of para-hydroxylation sites is 1. The molecule has 2 aromatic carbocycles. The third-order valence-electron chi connectivity index (χ3n) is 5.65. The molecule has 3 atom stereocenters. The number of aromatic carboxylic acids is 1. The number of aliphatic hydroxyl groups excluding tert-OH is 1. The molecule has 0 aromatic heterocycles. The number of rotatable bonds is 6. The van der Waals surface area contributed by atoms with Crippen LogP contribution in [-0.2, 0) is 6.42 Å². The summed E-state index contributed by atoms with van der Waals surface area (Å²) in [6.07, 6.45) is -0.860. The van der Waals surface area contributed by atoms with E-state index < -0.39 is 29.8 Å². The summed E-state index contributed by atoms with van der Waals surface area (Å²) < 4.78 is 39.7. The number of hydrogen-bond donors (Lipinski definition) is 2. The third-order valence-corrected chi connectivity index (χ3v) is 5.65. The van der Waals surface area contributed by atoms with Crippen LogP contribution in [0.4, 0.5) is 8.78 Å². The number of fused-ring (bicyclic) bond motifs is 1. The van der Waals surface area contributed by atoms with Gasteiger partial charge in [-0.3, -0.25) is 4.90 Å². The van der Waals surface area contributed by atoms with Gasteiger partial charge in [0, 0.05) is 38.4 Å². The average Bonchev–Trinajstić information content (AvgIpc) is 3.06. The lowest BCUT2D eigenvalue weighted by Crippen LogP contribution is -2.53. The monoisotopic (exact) mass is 419 g/mol. The first-order chi connectivity index (χ1) is 14.3. The Morgan fingerprint density at radius 3 is 2.87 bits per heavy atom. The van der Waals surface area contributed by atoms with Crippen LogP contribution in [0, 0.1) is 5.82 Å². The zero-order valence-electron chi connectivity index (χ0n) is 16.3. The van der Waals surface area contributed by atoms with Crippen molar-refractivity contribution >= 4 is 5.97 Å². The van der Waals surface area contributed by atoms with Gasteiger partial charge in [-0.1, -0.05) is 18.2 Å². The summed E-state index contributed by atoms with van der Waals surface area (Å²) in [5.41, 5.74) is 0.319. The minimum Gasteiger partial charge on any atom is -0.490 e. The van der Waals surface area contributed by atoms with Crippen molar-refractivity contribution in [2.24, 2.45) is 0 Å². The maximum atomic E-state index is 14.9. The standard InChI is InChI=1S/C22H23F2NO5/c23-15-5-6-17(21(27)28)19(9-15)29-13-16(26)12-25-8-7-22(11-20(25)24)10-14-3-1-2-4-18(14)30-22/h1-6,9,16,20,26H,7-8,10-13H2,(H,27,28)/t16-,20?,22+/m0/s1. The van der Waals surface area contributed by atoms with Gasteiger partial charge >= 0.3 is 5.97 Å². The smallest absolute Gasteiger partial charge is 0.339 e. The van der Waals surface area contributed by atoms with Crippen LogP contribution in [-0.4, -0.2) is 58.8 Å². The molecular weight excluding hydrogens is 396 g/mol. The van der Waals surface area contributed by atoms with Gasteiger partial charge in [0.25, 0.3) is 0 Å². The third kappa shape index (κ3) is 4.24. The molecule has 2 N–H and O–H groups in total. The van der Waals surface area contributed by atoms with Crippen LogP contribution in [0.1, 0.15) is 28.8 Å². The van der Waals surface area contributed by atoms with E-state index in [4.69, 9.17) is 14.6 Å². The molecule has 0 amide bonds. The normalized spacial score (nSPS) is 24.3. The zero-order chi connectivity index (χ0) is 21.3. The van der Waals surface area contributed by atoms with Crippen molar-refractivity contribution in [2.45, 2.75) is 37.3 Å². The number of carboxylic acids is 1. The highest BCUT2D eigenvalue weighted by Gasteiger charge is 2.46. The number of benzene rings is 2. The summed E-state index contributed by atoms with van der Waals surface area (Å²) in [7, 11) is 0. The van der Waals surface area contributed by atoms with Crippen molar-refractivity contribution in [3.63, 3.8) is 0 Å². The van der Waals surface area contributed by atoms with Crippen LogP contribution in [0.3, 0.4) is 0 Å². The minimum absolute atomic E-state index is 0.0158. The van der Waals surface area contributed by atoms with E-state index in [0.29, 0.717) is 19.4 Å². The van der Waals surface area contributed by atoms with Gasteiger partial charge in [0.15, 0.2) is 6.30 Å². The molecule has 0 bridgehead atoms. The van der Waals surface area contributed by atoms with E-state index in [0.717, 1.165) is 29.5 Å². The van der Waals surface area contributed by atoms with Gasteiger partial charge in [-0.05, 0) is 23.8 Å². The van der Waals surface area contributed by atoms with Crippen molar-refractivity contribution in [1.82, 2.24) is 4.90 Å². The molecule has 1 saturated heterocycles. The van der Waals surface area contributed by atoms with Gasteiger partial charge in [0.1, 0.15) is 41.2 Å². The van der Waals surface area contributed by atoms with Gasteiger partial charge < -0.3 is 19.7 Å². The molecule has 4 rings (SSSR count). The van der Waals surface area contributed by atoms with Crippen LogP contribution < -0.4 is 9.47 Å². The lowest BCUT2D eigenvalue weighted by Gasteiger charge is -2.41. The molecule has 0 aliphatic carbocycles. The van der Waals surface area contributed by atoms with Crippen molar-refractivity contribution in [3.05, 3.63) is 59.4 Å².